The van der Waals surface area contributed by atoms with E-state index in [2.05, 4.69) is 5.32 Å². The molecule has 0 aliphatic rings. The third-order valence-electron chi connectivity index (χ3n) is 3.58. The van der Waals surface area contributed by atoms with Crippen molar-refractivity contribution in [2.45, 2.75) is 24.4 Å². The van der Waals surface area contributed by atoms with Gasteiger partial charge in [0.15, 0.2) is 9.84 Å². The SMILES string of the molecule is C[C@H](NCc1cc(C#N)ccc1F)c1ccc(S(C)(=O)=O)cc1. The number of nitriles is 1. The van der Waals surface area contributed by atoms with E-state index in [-0.39, 0.29) is 23.3 Å². The lowest BCUT2D eigenvalue weighted by Crippen LogP contribution is -2.19. The highest BCUT2D eigenvalue weighted by Crippen LogP contribution is 2.17. The van der Waals surface area contributed by atoms with E-state index < -0.39 is 9.84 Å². The van der Waals surface area contributed by atoms with Crippen molar-refractivity contribution < 1.29 is 12.8 Å². The molecule has 4 nitrogen and oxygen atoms in total. The van der Waals surface area contributed by atoms with Gasteiger partial charge in [0.05, 0.1) is 16.5 Å². The second kappa shape index (κ2) is 6.90. The molecule has 120 valence electrons. The topological polar surface area (TPSA) is 70.0 Å². The van der Waals surface area contributed by atoms with E-state index in [0.717, 1.165) is 11.8 Å². The number of rotatable bonds is 5. The molecular weight excluding hydrogens is 315 g/mol. The number of benzene rings is 2. The van der Waals surface area contributed by atoms with Crippen LogP contribution in [0.15, 0.2) is 47.4 Å². The summed E-state index contributed by atoms with van der Waals surface area (Å²) in [5.74, 6) is -0.365. The van der Waals surface area contributed by atoms with E-state index in [9.17, 15) is 12.8 Å². The summed E-state index contributed by atoms with van der Waals surface area (Å²) in [6.45, 7) is 2.18. The van der Waals surface area contributed by atoms with Gasteiger partial charge in [-0.05, 0) is 42.8 Å². The first kappa shape index (κ1) is 17.1. The van der Waals surface area contributed by atoms with Crippen molar-refractivity contribution in [3.63, 3.8) is 0 Å². The zero-order chi connectivity index (χ0) is 17.0. The van der Waals surface area contributed by atoms with Crippen LogP contribution in [0.1, 0.15) is 29.7 Å². The van der Waals surface area contributed by atoms with Gasteiger partial charge < -0.3 is 5.32 Å². The Hall–Kier alpha value is -2.23. The molecule has 0 aliphatic heterocycles. The van der Waals surface area contributed by atoms with E-state index in [0.29, 0.717) is 11.1 Å². The maximum atomic E-state index is 13.7. The Morgan fingerprint density at radius 3 is 2.43 bits per heavy atom. The number of hydrogen-bond donors (Lipinski definition) is 1. The Morgan fingerprint density at radius 2 is 1.87 bits per heavy atom. The number of hydrogen-bond acceptors (Lipinski definition) is 4. The number of halogens is 1. The van der Waals surface area contributed by atoms with Gasteiger partial charge in [-0.1, -0.05) is 12.1 Å². The average Bonchev–Trinajstić information content (AvgIpc) is 2.53. The molecular formula is C17H17FN2O2S. The fourth-order valence-corrected chi connectivity index (χ4v) is 2.79. The van der Waals surface area contributed by atoms with Crippen LogP contribution in [-0.2, 0) is 16.4 Å². The molecule has 0 aliphatic carbocycles. The van der Waals surface area contributed by atoms with Gasteiger partial charge in [-0.25, -0.2) is 12.8 Å². The molecule has 1 N–H and O–H groups in total. The molecule has 1 atom stereocenters. The van der Waals surface area contributed by atoms with Gasteiger partial charge in [-0.2, -0.15) is 5.26 Å². The molecule has 6 heteroatoms. The molecule has 23 heavy (non-hydrogen) atoms. The van der Waals surface area contributed by atoms with Crippen LogP contribution in [0.3, 0.4) is 0 Å². The molecule has 0 unspecified atom stereocenters. The van der Waals surface area contributed by atoms with Crippen LogP contribution >= 0.6 is 0 Å². The lowest BCUT2D eigenvalue weighted by molar-refractivity contribution is 0.544. The molecule has 0 heterocycles. The minimum Gasteiger partial charge on any atom is -0.306 e. The Labute approximate surface area is 135 Å². The first-order chi connectivity index (χ1) is 10.8. The lowest BCUT2D eigenvalue weighted by atomic mass is 10.1. The zero-order valence-corrected chi connectivity index (χ0v) is 13.7. The molecule has 2 aromatic rings. The second-order valence-electron chi connectivity index (χ2n) is 5.36. The highest BCUT2D eigenvalue weighted by Gasteiger charge is 2.10. The standard InChI is InChI=1S/C17H17FN2O2S/c1-12(14-4-6-16(7-5-14)23(2,21)22)20-11-15-9-13(10-19)3-8-17(15)18/h3-9,12,20H,11H2,1-2H3/t12-/m0/s1. The Morgan fingerprint density at radius 1 is 1.22 bits per heavy atom. The third-order valence-corrected chi connectivity index (χ3v) is 4.71. The van der Waals surface area contributed by atoms with E-state index >= 15 is 0 Å². The summed E-state index contributed by atoms with van der Waals surface area (Å²) < 4.78 is 36.6. The largest absolute Gasteiger partial charge is 0.306 e. The van der Waals surface area contributed by atoms with Crippen molar-refractivity contribution in [1.29, 1.82) is 5.26 Å². The Balaban J connectivity index is 2.08. The van der Waals surface area contributed by atoms with Crippen LogP contribution in [-0.4, -0.2) is 14.7 Å². The maximum Gasteiger partial charge on any atom is 0.175 e. The van der Waals surface area contributed by atoms with Gasteiger partial charge in [0.2, 0.25) is 0 Å². The average molecular weight is 332 g/mol. The van der Waals surface area contributed by atoms with Crippen molar-refractivity contribution in [3.05, 3.63) is 65.0 Å². The summed E-state index contributed by atoms with van der Waals surface area (Å²) in [6, 6.07) is 12.7. The third kappa shape index (κ3) is 4.38. The summed E-state index contributed by atoms with van der Waals surface area (Å²) in [5.41, 5.74) is 1.73. The molecule has 0 saturated heterocycles. The van der Waals surface area contributed by atoms with E-state index in [4.69, 9.17) is 5.26 Å². The van der Waals surface area contributed by atoms with Crippen LogP contribution in [0.25, 0.3) is 0 Å². The van der Waals surface area contributed by atoms with Gasteiger partial charge in [0.1, 0.15) is 5.82 Å². The summed E-state index contributed by atoms with van der Waals surface area (Å²) in [5, 5.41) is 12.0. The highest BCUT2D eigenvalue weighted by atomic mass is 32.2. The normalized spacial score (nSPS) is 12.6. The first-order valence-corrected chi connectivity index (χ1v) is 8.92. The van der Waals surface area contributed by atoms with Crippen LogP contribution < -0.4 is 5.32 Å². The van der Waals surface area contributed by atoms with Gasteiger partial charge in [0, 0.05) is 24.4 Å². The Bertz CT molecular complexity index is 840. The fraction of sp³-hybridized carbons (Fsp3) is 0.235. The van der Waals surface area contributed by atoms with Crippen molar-refractivity contribution in [3.8, 4) is 6.07 Å². The predicted octanol–water partition coefficient (Wildman–Crippen LogP) is 2.95. The Kier molecular flexibility index (Phi) is 5.14. The zero-order valence-electron chi connectivity index (χ0n) is 12.9. The molecule has 0 spiro atoms. The summed E-state index contributed by atoms with van der Waals surface area (Å²) >= 11 is 0. The number of nitrogens with zero attached hydrogens (tertiary/aromatic N) is 1. The summed E-state index contributed by atoms with van der Waals surface area (Å²) in [7, 11) is -3.21. The maximum absolute atomic E-state index is 13.7. The quantitative estimate of drug-likeness (QED) is 0.914. The minimum absolute atomic E-state index is 0.0891. The first-order valence-electron chi connectivity index (χ1n) is 7.03. The smallest absolute Gasteiger partial charge is 0.175 e. The summed E-state index contributed by atoms with van der Waals surface area (Å²) in [6.07, 6.45) is 1.16. The van der Waals surface area contributed by atoms with Gasteiger partial charge in [0.25, 0.3) is 0 Å². The van der Waals surface area contributed by atoms with Crippen LogP contribution in [0.5, 0.6) is 0 Å². The van der Waals surface area contributed by atoms with Crippen LogP contribution in [0, 0.1) is 17.1 Å². The number of sulfone groups is 1. The number of nitrogens with one attached hydrogen (secondary N) is 1. The van der Waals surface area contributed by atoms with Crippen LogP contribution in [0.4, 0.5) is 4.39 Å². The van der Waals surface area contributed by atoms with Crippen molar-refractivity contribution >= 4 is 9.84 Å². The van der Waals surface area contributed by atoms with Gasteiger partial charge >= 0.3 is 0 Å². The monoisotopic (exact) mass is 332 g/mol. The molecule has 0 aromatic heterocycles. The highest BCUT2D eigenvalue weighted by molar-refractivity contribution is 7.90. The van der Waals surface area contributed by atoms with Gasteiger partial charge in [-0.3, -0.25) is 0 Å². The van der Waals surface area contributed by atoms with E-state index in [1.54, 1.807) is 24.3 Å². The fourth-order valence-electron chi connectivity index (χ4n) is 2.16. The van der Waals surface area contributed by atoms with Crippen molar-refractivity contribution in [2.24, 2.45) is 0 Å². The second-order valence-corrected chi connectivity index (χ2v) is 7.38. The van der Waals surface area contributed by atoms with E-state index in [1.165, 1.54) is 18.2 Å². The molecule has 0 saturated carbocycles. The lowest BCUT2D eigenvalue weighted by Gasteiger charge is -2.15. The molecule has 0 amide bonds. The molecule has 0 fully saturated rings. The molecule has 0 bridgehead atoms. The van der Waals surface area contributed by atoms with Gasteiger partial charge in [-0.15, -0.1) is 0 Å². The minimum atomic E-state index is -3.21. The molecule has 0 radical (unpaired) electrons. The van der Waals surface area contributed by atoms with E-state index in [1.807, 2.05) is 13.0 Å². The van der Waals surface area contributed by atoms with Crippen LogP contribution in [0.2, 0.25) is 0 Å². The van der Waals surface area contributed by atoms with Crippen molar-refractivity contribution in [2.75, 3.05) is 6.26 Å². The molecule has 2 aromatic carbocycles. The molecule has 2 rings (SSSR count). The summed E-state index contributed by atoms with van der Waals surface area (Å²) in [4.78, 5) is 0.265. The van der Waals surface area contributed by atoms with Crippen molar-refractivity contribution in [1.82, 2.24) is 5.32 Å². The predicted molar refractivity (Wildman–Crippen MR) is 85.9 cm³/mol.